The smallest absolute Gasteiger partial charge is 0.258 e. The van der Waals surface area contributed by atoms with Crippen LogP contribution in [0.1, 0.15) is 12.1 Å². The summed E-state index contributed by atoms with van der Waals surface area (Å²) in [6.07, 6.45) is -2.80. The third-order valence-corrected chi connectivity index (χ3v) is 2.99. The van der Waals surface area contributed by atoms with Gasteiger partial charge in [0.05, 0.1) is 4.92 Å². The summed E-state index contributed by atoms with van der Waals surface area (Å²) in [5.41, 5.74) is -0.871. The molecule has 76 valence electrons. The Kier molecular flexibility index (Phi) is 3.92. The van der Waals surface area contributed by atoms with Gasteiger partial charge in [0, 0.05) is 6.07 Å². The third-order valence-electron chi connectivity index (χ3n) is 1.34. The van der Waals surface area contributed by atoms with E-state index >= 15 is 0 Å². The van der Waals surface area contributed by atoms with Gasteiger partial charge in [-0.2, -0.15) is 0 Å². The molecule has 0 saturated carbocycles. The van der Waals surface area contributed by atoms with Gasteiger partial charge in [-0.3, -0.25) is 10.1 Å². The van der Waals surface area contributed by atoms with Gasteiger partial charge >= 0.3 is 0 Å². The highest BCUT2D eigenvalue weighted by Crippen LogP contribution is 2.30. The Morgan fingerprint density at radius 3 is 2.50 bits per heavy atom. The Balaban J connectivity index is 3.40. The molecular formula is C6H2F2I2N2O2. The van der Waals surface area contributed by atoms with E-state index in [1.54, 1.807) is 22.6 Å². The first-order valence-electron chi connectivity index (χ1n) is 3.22. The highest BCUT2D eigenvalue weighted by molar-refractivity contribution is 14.1. The zero-order valence-corrected chi connectivity index (χ0v) is 10.7. The van der Waals surface area contributed by atoms with Gasteiger partial charge in [-0.05, 0) is 45.2 Å². The molecule has 1 heterocycles. The first kappa shape index (κ1) is 11.9. The van der Waals surface area contributed by atoms with Gasteiger partial charge < -0.3 is 0 Å². The average Bonchev–Trinajstić information content (AvgIpc) is 2.07. The lowest BCUT2D eigenvalue weighted by Crippen LogP contribution is -2.02. The number of pyridine rings is 1. The molecule has 8 heteroatoms. The van der Waals surface area contributed by atoms with E-state index in [4.69, 9.17) is 0 Å². The standard InChI is InChI=1S/C6H2F2I2N2O2/c7-6(8)5-4(10)2(12(13)14)1-3(9)11-5/h1,6H. The number of alkyl halides is 2. The van der Waals surface area contributed by atoms with E-state index in [1.165, 1.54) is 22.6 Å². The summed E-state index contributed by atoms with van der Waals surface area (Å²) < 4.78 is 24.8. The molecule has 0 unspecified atom stereocenters. The molecule has 0 aliphatic heterocycles. The molecular weight excluding hydrogens is 424 g/mol. The van der Waals surface area contributed by atoms with Crippen LogP contribution in [0, 0.1) is 17.4 Å². The van der Waals surface area contributed by atoms with Crippen molar-refractivity contribution in [2.45, 2.75) is 6.43 Å². The number of hydrogen-bond donors (Lipinski definition) is 0. The summed E-state index contributed by atoms with van der Waals surface area (Å²) in [7, 11) is 0. The van der Waals surface area contributed by atoms with Crippen LogP contribution in [0.5, 0.6) is 0 Å². The van der Waals surface area contributed by atoms with Crippen molar-refractivity contribution in [2.24, 2.45) is 0 Å². The lowest BCUT2D eigenvalue weighted by Gasteiger charge is -2.03. The van der Waals surface area contributed by atoms with E-state index in [0.29, 0.717) is 0 Å². The molecule has 0 aliphatic carbocycles. The van der Waals surface area contributed by atoms with Crippen molar-refractivity contribution >= 4 is 50.9 Å². The maximum atomic E-state index is 12.4. The number of nitrogens with zero attached hydrogens (tertiary/aromatic N) is 2. The Morgan fingerprint density at radius 1 is 1.50 bits per heavy atom. The molecule has 0 bridgehead atoms. The Morgan fingerprint density at radius 2 is 2.07 bits per heavy atom. The lowest BCUT2D eigenvalue weighted by molar-refractivity contribution is -0.386. The van der Waals surface area contributed by atoms with Crippen molar-refractivity contribution in [3.63, 3.8) is 0 Å². The van der Waals surface area contributed by atoms with Crippen LogP contribution < -0.4 is 0 Å². The Labute approximate surface area is 105 Å². The topological polar surface area (TPSA) is 56.0 Å². The van der Waals surface area contributed by atoms with Crippen LogP contribution in [-0.2, 0) is 0 Å². The molecule has 1 aromatic heterocycles. The van der Waals surface area contributed by atoms with Crippen LogP contribution in [0.3, 0.4) is 0 Å². The minimum Gasteiger partial charge on any atom is -0.258 e. The number of halogens is 4. The van der Waals surface area contributed by atoms with E-state index in [-0.39, 0.29) is 13.0 Å². The Bertz CT molecular complexity index is 386. The van der Waals surface area contributed by atoms with Gasteiger partial charge in [0.25, 0.3) is 12.1 Å². The second-order valence-corrected chi connectivity index (χ2v) is 4.41. The predicted octanol–water partition coefficient (Wildman–Crippen LogP) is 3.14. The van der Waals surface area contributed by atoms with Gasteiger partial charge in [-0.15, -0.1) is 0 Å². The molecule has 0 N–H and O–H groups in total. The molecule has 0 spiro atoms. The molecule has 0 aliphatic rings. The fourth-order valence-electron chi connectivity index (χ4n) is 0.781. The van der Waals surface area contributed by atoms with Crippen molar-refractivity contribution in [1.82, 2.24) is 4.98 Å². The fraction of sp³-hybridized carbons (Fsp3) is 0.167. The van der Waals surface area contributed by atoms with Gasteiger partial charge in [-0.1, -0.05) is 0 Å². The Hall–Kier alpha value is -0.130. The first-order valence-corrected chi connectivity index (χ1v) is 5.37. The molecule has 14 heavy (non-hydrogen) atoms. The second-order valence-electron chi connectivity index (χ2n) is 2.22. The van der Waals surface area contributed by atoms with Crippen LogP contribution in [0.4, 0.5) is 14.5 Å². The summed E-state index contributed by atoms with van der Waals surface area (Å²) >= 11 is 3.16. The highest BCUT2D eigenvalue weighted by atomic mass is 127. The number of rotatable bonds is 2. The summed E-state index contributed by atoms with van der Waals surface area (Å²) in [5, 5.41) is 10.5. The summed E-state index contributed by atoms with van der Waals surface area (Å²) in [5.74, 6) is 0. The SMILES string of the molecule is O=[N+]([O-])c1cc(I)nc(C(F)F)c1I. The van der Waals surface area contributed by atoms with Crippen molar-refractivity contribution in [2.75, 3.05) is 0 Å². The second kappa shape index (κ2) is 4.59. The van der Waals surface area contributed by atoms with Crippen molar-refractivity contribution in [1.29, 1.82) is 0 Å². The molecule has 0 radical (unpaired) electrons. The first-order chi connectivity index (χ1) is 6.43. The van der Waals surface area contributed by atoms with E-state index in [2.05, 4.69) is 4.98 Å². The third kappa shape index (κ3) is 2.46. The molecule has 0 atom stereocenters. The monoisotopic (exact) mass is 426 g/mol. The normalized spacial score (nSPS) is 10.6. The van der Waals surface area contributed by atoms with Crippen molar-refractivity contribution in [3.05, 3.63) is 29.1 Å². The van der Waals surface area contributed by atoms with Gasteiger partial charge in [0.2, 0.25) is 0 Å². The summed E-state index contributed by atoms with van der Waals surface area (Å²) in [6, 6.07) is 1.16. The molecule has 0 fully saturated rings. The van der Waals surface area contributed by atoms with E-state index in [9.17, 15) is 18.9 Å². The fourth-order valence-corrected chi connectivity index (χ4v) is 2.04. The maximum Gasteiger partial charge on any atom is 0.287 e. The van der Waals surface area contributed by atoms with Crippen molar-refractivity contribution in [3.8, 4) is 0 Å². The van der Waals surface area contributed by atoms with Crippen LogP contribution >= 0.6 is 45.2 Å². The van der Waals surface area contributed by atoms with E-state index < -0.39 is 17.0 Å². The summed E-state index contributed by atoms with van der Waals surface area (Å²) in [6.45, 7) is 0. The zero-order valence-electron chi connectivity index (χ0n) is 6.38. The largest absolute Gasteiger partial charge is 0.287 e. The summed E-state index contributed by atoms with van der Waals surface area (Å²) in [4.78, 5) is 13.3. The number of nitro groups is 1. The van der Waals surface area contributed by atoms with Crippen LogP contribution in [0.25, 0.3) is 0 Å². The quantitative estimate of drug-likeness (QED) is 0.316. The van der Waals surface area contributed by atoms with Gasteiger partial charge in [-0.25, -0.2) is 13.8 Å². The lowest BCUT2D eigenvalue weighted by atomic mass is 10.3. The van der Waals surface area contributed by atoms with Crippen LogP contribution in [0.2, 0.25) is 0 Å². The number of aromatic nitrogens is 1. The van der Waals surface area contributed by atoms with Crippen LogP contribution in [-0.4, -0.2) is 9.91 Å². The minimum atomic E-state index is -2.80. The van der Waals surface area contributed by atoms with E-state index in [1.807, 2.05) is 0 Å². The van der Waals surface area contributed by atoms with Crippen molar-refractivity contribution < 1.29 is 13.7 Å². The molecule has 0 saturated heterocycles. The highest BCUT2D eigenvalue weighted by Gasteiger charge is 2.23. The van der Waals surface area contributed by atoms with Gasteiger partial charge in [0.1, 0.15) is 13.0 Å². The molecule has 0 aromatic carbocycles. The minimum absolute atomic E-state index is 0.108. The number of hydrogen-bond acceptors (Lipinski definition) is 3. The predicted molar refractivity (Wildman–Crippen MR) is 61.3 cm³/mol. The zero-order chi connectivity index (χ0) is 10.9. The molecule has 4 nitrogen and oxygen atoms in total. The average molecular weight is 426 g/mol. The van der Waals surface area contributed by atoms with E-state index in [0.717, 1.165) is 6.07 Å². The molecule has 1 rings (SSSR count). The van der Waals surface area contributed by atoms with Gasteiger partial charge in [0.15, 0.2) is 0 Å². The molecule has 0 amide bonds. The van der Waals surface area contributed by atoms with Crippen LogP contribution in [0.15, 0.2) is 6.07 Å². The molecule has 1 aromatic rings. The maximum absolute atomic E-state index is 12.4.